The SMILES string of the molecule is CC(Cn1cnc2c1c(=O)n(C)c(=O)n2C)NCCc1ccc(O)c(O)c1. The summed E-state index contributed by atoms with van der Waals surface area (Å²) in [5.41, 5.74) is 0.909. The first kappa shape index (κ1) is 18.7. The van der Waals surface area contributed by atoms with Crippen LogP contribution in [0.1, 0.15) is 12.5 Å². The smallest absolute Gasteiger partial charge is 0.332 e. The van der Waals surface area contributed by atoms with Crippen molar-refractivity contribution in [2.24, 2.45) is 14.1 Å². The highest BCUT2D eigenvalue weighted by Gasteiger charge is 2.15. The Balaban J connectivity index is 1.69. The molecule has 0 bridgehead atoms. The van der Waals surface area contributed by atoms with Crippen LogP contribution in [0.3, 0.4) is 0 Å². The molecule has 0 saturated heterocycles. The molecule has 27 heavy (non-hydrogen) atoms. The van der Waals surface area contributed by atoms with Gasteiger partial charge in [-0.15, -0.1) is 0 Å². The molecule has 0 saturated carbocycles. The molecule has 1 atom stereocenters. The third kappa shape index (κ3) is 3.59. The Morgan fingerprint density at radius 2 is 1.89 bits per heavy atom. The van der Waals surface area contributed by atoms with Crippen LogP contribution in [0.25, 0.3) is 11.2 Å². The average molecular weight is 373 g/mol. The second kappa shape index (κ2) is 7.28. The number of phenols is 2. The summed E-state index contributed by atoms with van der Waals surface area (Å²) in [6.45, 7) is 3.17. The summed E-state index contributed by atoms with van der Waals surface area (Å²) >= 11 is 0. The van der Waals surface area contributed by atoms with Gasteiger partial charge in [0.1, 0.15) is 0 Å². The molecule has 0 amide bonds. The van der Waals surface area contributed by atoms with Gasteiger partial charge in [-0.3, -0.25) is 13.9 Å². The van der Waals surface area contributed by atoms with E-state index in [9.17, 15) is 19.8 Å². The topological polar surface area (TPSA) is 114 Å². The first-order valence-electron chi connectivity index (χ1n) is 8.64. The van der Waals surface area contributed by atoms with E-state index in [1.165, 1.54) is 23.7 Å². The van der Waals surface area contributed by atoms with Crippen molar-refractivity contribution in [1.29, 1.82) is 0 Å². The lowest BCUT2D eigenvalue weighted by Crippen LogP contribution is -2.38. The summed E-state index contributed by atoms with van der Waals surface area (Å²) in [5.74, 6) is -0.269. The number of fused-ring (bicyclic) bond motifs is 1. The molecule has 3 rings (SSSR count). The largest absolute Gasteiger partial charge is 0.504 e. The molecule has 0 aliphatic heterocycles. The molecule has 0 spiro atoms. The van der Waals surface area contributed by atoms with Crippen LogP contribution in [0.4, 0.5) is 0 Å². The van der Waals surface area contributed by atoms with Gasteiger partial charge in [-0.2, -0.15) is 0 Å². The lowest BCUT2D eigenvalue weighted by atomic mass is 10.1. The molecule has 144 valence electrons. The van der Waals surface area contributed by atoms with Gasteiger partial charge in [0, 0.05) is 26.7 Å². The van der Waals surface area contributed by atoms with Gasteiger partial charge >= 0.3 is 5.69 Å². The Kier molecular flexibility index (Phi) is 5.04. The Morgan fingerprint density at radius 3 is 2.59 bits per heavy atom. The van der Waals surface area contributed by atoms with E-state index >= 15 is 0 Å². The Bertz CT molecular complexity index is 1100. The van der Waals surface area contributed by atoms with Gasteiger partial charge in [-0.25, -0.2) is 9.78 Å². The molecule has 0 radical (unpaired) electrons. The molecule has 9 nitrogen and oxygen atoms in total. The number of rotatable bonds is 6. The highest BCUT2D eigenvalue weighted by molar-refractivity contribution is 5.69. The number of benzene rings is 1. The number of hydrogen-bond acceptors (Lipinski definition) is 6. The summed E-state index contributed by atoms with van der Waals surface area (Å²) in [5, 5.41) is 22.2. The minimum absolute atomic E-state index is 0.0510. The number of nitrogens with zero attached hydrogens (tertiary/aromatic N) is 4. The van der Waals surface area contributed by atoms with E-state index in [0.29, 0.717) is 30.7 Å². The van der Waals surface area contributed by atoms with Crippen LogP contribution < -0.4 is 16.6 Å². The van der Waals surface area contributed by atoms with Crippen molar-refractivity contribution >= 4 is 11.2 Å². The minimum atomic E-state index is -0.402. The molecule has 0 aliphatic carbocycles. The first-order chi connectivity index (χ1) is 12.8. The summed E-state index contributed by atoms with van der Waals surface area (Å²) < 4.78 is 4.19. The minimum Gasteiger partial charge on any atom is -0.504 e. The van der Waals surface area contributed by atoms with Gasteiger partial charge in [0.05, 0.1) is 6.33 Å². The van der Waals surface area contributed by atoms with Crippen molar-refractivity contribution < 1.29 is 10.2 Å². The number of phenolic OH excluding ortho intramolecular Hbond substituents is 2. The van der Waals surface area contributed by atoms with Gasteiger partial charge in [0.25, 0.3) is 5.56 Å². The van der Waals surface area contributed by atoms with Gasteiger partial charge in [0.2, 0.25) is 0 Å². The number of imidazole rings is 1. The number of aromatic nitrogens is 4. The fourth-order valence-corrected chi connectivity index (χ4v) is 3.08. The highest BCUT2D eigenvalue weighted by Crippen LogP contribution is 2.24. The lowest BCUT2D eigenvalue weighted by Gasteiger charge is -2.15. The standard InChI is InChI=1S/C18H23N5O4/c1-11(19-7-6-12-4-5-13(24)14(25)8-12)9-23-10-20-16-15(23)17(26)22(3)18(27)21(16)2/h4-5,8,10-11,19,24-25H,6-7,9H2,1-3H3. The van der Waals surface area contributed by atoms with Crippen molar-refractivity contribution in [3.8, 4) is 11.5 Å². The summed E-state index contributed by atoms with van der Waals surface area (Å²) in [4.78, 5) is 28.6. The van der Waals surface area contributed by atoms with Crippen LogP contribution in [-0.4, -0.2) is 41.5 Å². The Labute approximate surface area is 155 Å². The molecule has 9 heteroatoms. The van der Waals surface area contributed by atoms with Crippen LogP contribution >= 0.6 is 0 Å². The van der Waals surface area contributed by atoms with E-state index in [1.54, 1.807) is 24.0 Å². The summed E-state index contributed by atoms with van der Waals surface area (Å²) in [7, 11) is 3.05. The lowest BCUT2D eigenvalue weighted by molar-refractivity contribution is 0.403. The third-order valence-electron chi connectivity index (χ3n) is 4.63. The highest BCUT2D eigenvalue weighted by atomic mass is 16.3. The Hall–Kier alpha value is -3.07. The molecule has 1 unspecified atom stereocenters. The number of nitrogens with one attached hydrogen (secondary N) is 1. The van der Waals surface area contributed by atoms with Crippen molar-refractivity contribution in [1.82, 2.24) is 24.0 Å². The van der Waals surface area contributed by atoms with Crippen molar-refractivity contribution in [2.45, 2.75) is 25.9 Å². The summed E-state index contributed by atoms with van der Waals surface area (Å²) in [6.07, 6.45) is 2.25. The fourth-order valence-electron chi connectivity index (χ4n) is 3.08. The Morgan fingerprint density at radius 1 is 1.15 bits per heavy atom. The monoisotopic (exact) mass is 373 g/mol. The van der Waals surface area contributed by atoms with E-state index in [1.807, 2.05) is 6.92 Å². The maximum atomic E-state index is 12.4. The van der Waals surface area contributed by atoms with E-state index in [2.05, 4.69) is 10.3 Å². The quantitative estimate of drug-likeness (QED) is 0.527. The van der Waals surface area contributed by atoms with Gasteiger partial charge < -0.3 is 20.1 Å². The van der Waals surface area contributed by atoms with Crippen molar-refractivity contribution in [2.75, 3.05) is 6.54 Å². The summed E-state index contributed by atoms with van der Waals surface area (Å²) in [6, 6.07) is 4.81. The van der Waals surface area contributed by atoms with E-state index in [-0.39, 0.29) is 23.1 Å². The van der Waals surface area contributed by atoms with Gasteiger partial charge in [-0.05, 0) is 37.6 Å². The zero-order chi connectivity index (χ0) is 19.7. The second-order valence-corrected chi connectivity index (χ2v) is 6.70. The second-order valence-electron chi connectivity index (χ2n) is 6.70. The average Bonchev–Trinajstić information content (AvgIpc) is 3.04. The zero-order valence-corrected chi connectivity index (χ0v) is 15.5. The van der Waals surface area contributed by atoms with Crippen LogP contribution in [0.15, 0.2) is 34.1 Å². The van der Waals surface area contributed by atoms with E-state index < -0.39 is 5.69 Å². The predicted octanol–water partition coefficient (Wildman–Crippen LogP) is 0.0657. The van der Waals surface area contributed by atoms with Crippen LogP contribution in [0, 0.1) is 0 Å². The molecule has 2 heterocycles. The molecular weight excluding hydrogens is 350 g/mol. The molecule has 3 N–H and O–H groups in total. The molecule has 2 aromatic heterocycles. The normalized spacial score (nSPS) is 12.6. The predicted molar refractivity (Wildman–Crippen MR) is 101 cm³/mol. The van der Waals surface area contributed by atoms with Crippen molar-refractivity contribution in [3.05, 3.63) is 50.9 Å². The van der Waals surface area contributed by atoms with Gasteiger partial charge in [0.15, 0.2) is 22.7 Å². The number of aryl methyl sites for hydroxylation is 1. The third-order valence-corrected chi connectivity index (χ3v) is 4.63. The number of hydrogen-bond donors (Lipinski definition) is 3. The maximum absolute atomic E-state index is 12.4. The van der Waals surface area contributed by atoms with Crippen molar-refractivity contribution in [3.63, 3.8) is 0 Å². The number of aromatic hydroxyl groups is 2. The van der Waals surface area contributed by atoms with E-state index in [4.69, 9.17) is 0 Å². The first-order valence-corrected chi connectivity index (χ1v) is 8.64. The molecular formula is C18H23N5O4. The molecule has 0 fully saturated rings. The molecule has 1 aromatic carbocycles. The molecule has 3 aromatic rings. The van der Waals surface area contributed by atoms with Gasteiger partial charge in [-0.1, -0.05) is 6.07 Å². The van der Waals surface area contributed by atoms with Crippen LogP contribution in [0.2, 0.25) is 0 Å². The fraction of sp³-hybridized carbons (Fsp3) is 0.389. The maximum Gasteiger partial charge on any atom is 0.332 e. The molecule has 0 aliphatic rings. The van der Waals surface area contributed by atoms with E-state index in [0.717, 1.165) is 10.1 Å². The van der Waals surface area contributed by atoms with Crippen LogP contribution in [-0.2, 0) is 27.1 Å². The zero-order valence-electron chi connectivity index (χ0n) is 15.5. The van der Waals surface area contributed by atoms with Crippen LogP contribution in [0.5, 0.6) is 11.5 Å².